The molecule has 1 N–H and O–H groups in total. The Morgan fingerprint density at radius 3 is 2.80 bits per heavy atom. The lowest BCUT2D eigenvalue weighted by atomic mass is 10.0. The molecule has 1 aromatic heterocycles. The van der Waals surface area contributed by atoms with Crippen LogP contribution in [0.25, 0.3) is 22.0 Å². The van der Waals surface area contributed by atoms with Gasteiger partial charge >= 0.3 is 0 Å². The average Bonchev–Trinajstić information content (AvgIpc) is 2.48. The largest absolute Gasteiger partial charge is 0.588 e. The second kappa shape index (κ2) is 4.38. The first-order chi connectivity index (χ1) is 9.75. The number of fused-ring (bicyclic) bond motifs is 5. The fraction of sp³-hybridized carbons (Fsp3) is 0. The van der Waals surface area contributed by atoms with E-state index < -0.39 is 11.4 Å². The van der Waals surface area contributed by atoms with E-state index in [1.165, 1.54) is 0 Å². The highest BCUT2D eigenvalue weighted by Crippen LogP contribution is 2.42. The van der Waals surface area contributed by atoms with Crippen molar-refractivity contribution in [3.63, 3.8) is 0 Å². The predicted octanol–water partition coefficient (Wildman–Crippen LogP) is 4.00. The van der Waals surface area contributed by atoms with Crippen LogP contribution in [0.15, 0.2) is 53.6 Å². The summed E-state index contributed by atoms with van der Waals surface area (Å²) in [6.07, 6.45) is 1.66. The lowest BCUT2D eigenvalue weighted by Gasteiger charge is -2.23. The van der Waals surface area contributed by atoms with E-state index in [1.807, 2.05) is 36.4 Å². The number of rotatable bonds is 0. The van der Waals surface area contributed by atoms with Crippen LogP contribution in [-0.4, -0.2) is 9.54 Å². The summed E-state index contributed by atoms with van der Waals surface area (Å²) in [5.41, 5.74) is 3.51. The second-order valence-corrected chi connectivity index (χ2v) is 6.13. The van der Waals surface area contributed by atoms with Gasteiger partial charge in [-0.1, -0.05) is 35.9 Å². The van der Waals surface area contributed by atoms with Crippen LogP contribution in [0.4, 0.5) is 5.69 Å². The SMILES string of the molecule is [O-][S+]1Nc2c(ccc3c(Cl)ccnc23)-c2ccccc21. The minimum absolute atomic E-state index is 0.643. The van der Waals surface area contributed by atoms with Crippen molar-refractivity contribution in [2.24, 2.45) is 0 Å². The van der Waals surface area contributed by atoms with E-state index >= 15 is 0 Å². The molecule has 0 saturated carbocycles. The number of hydrogen-bond acceptors (Lipinski definition) is 3. The molecule has 1 aliphatic rings. The van der Waals surface area contributed by atoms with E-state index in [4.69, 9.17) is 11.6 Å². The van der Waals surface area contributed by atoms with Crippen LogP contribution in [0.3, 0.4) is 0 Å². The van der Waals surface area contributed by atoms with Crippen molar-refractivity contribution in [3.05, 3.63) is 53.7 Å². The molecule has 20 heavy (non-hydrogen) atoms. The van der Waals surface area contributed by atoms with Gasteiger partial charge in [0, 0.05) is 22.7 Å². The molecule has 2 aromatic carbocycles. The average molecular weight is 301 g/mol. The first kappa shape index (κ1) is 12.0. The summed E-state index contributed by atoms with van der Waals surface area (Å²) >= 11 is 4.92. The Morgan fingerprint density at radius 2 is 1.90 bits per heavy atom. The van der Waals surface area contributed by atoms with Crippen LogP contribution >= 0.6 is 11.6 Å². The van der Waals surface area contributed by atoms with Crippen LogP contribution in [0.5, 0.6) is 0 Å². The first-order valence-corrected chi connectivity index (χ1v) is 7.63. The summed E-state index contributed by atoms with van der Waals surface area (Å²) in [4.78, 5) is 5.17. The van der Waals surface area contributed by atoms with Gasteiger partial charge in [-0.05, 0) is 18.2 Å². The highest BCUT2D eigenvalue weighted by molar-refractivity contribution is 7.93. The molecule has 98 valence electrons. The molecule has 4 rings (SSSR count). The number of halogens is 1. The maximum atomic E-state index is 12.3. The molecule has 1 unspecified atom stereocenters. The van der Waals surface area contributed by atoms with Gasteiger partial charge in [0.25, 0.3) is 0 Å². The van der Waals surface area contributed by atoms with E-state index in [0.717, 1.165) is 32.6 Å². The number of anilines is 1. The smallest absolute Gasteiger partial charge is 0.187 e. The van der Waals surface area contributed by atoms with Crippen LogP contribution in [0, 0.1) is 0 Å². The van der Waals surface area contributed by atoms with Gasteiger partial charge in [0.2, 0.25) is 0 Å². The summed E-state index contributed by atoms with van der Waals surface area (Å²) in [6, 6.07) is 13.4. The predicted molar refractivity (Wildman–Crippen MR) is 82.2 cm³/mol. The number of pyridine rings is 1. The summed E-state index contributed by atoms with van der Waals surface area (Å²) in [5.74, 6) is 0. The Hall–Kier alpha value is -1.75. The van der Waals surface area contributed by atoms with Crippen molar-refractivity contribution in [2.45, 2.75) is 4.90 Å². The van der Waals surface area contributed by atoms with Crippen LogP contribution in [0.2, 0.25) is 5.02 Å². The van der Waals surface area contributed by atoms with Crippen LogP contribution < -0.4 is 4.72 Å². The Morgan fingerprint density at radius 1 is 1.05 bits per heavy atom. The molecule has 0 spiro atoms. The van der Waals surface area contributed by atoms with E-state index in [0.29, 0.717) is 5.02 Å². The summed E-state index contributed by atoms with van der Waals surface area (Å²) in [5, 5.41) is 1.50. The van der Waals surface area contributed by atoms with E-state index in [9.17, 15) is 4.55 Å². The highest BCUT2D eigenvalue weighted by atomic mass is 35.5. The Bertz CT molecular complexity index is 837. The summed E-state index contributed by atoms with van der Waals surface area (Å²) < 4.78 is 15.4. The zero-order valence-corrected chi connectivity index (χ0v) is 11.8. The van der Waals surface area contributed by atoms with Crippen molar-refractivity contribution in [3.8, 4) is 11.1 Å². The summed E-state index contributed by atoms with van der Waals surface area (Å²) in [6.45, 7) is 0. The van der Waals surface area contributed by atoms with Gasteiger partial charge in [-0.2, -0.15) is 0 Å². The topological polar surface area (TPSA) is 48.0 Å². The standard InChI is InChI=1S/C15H9ClN2OS/c16-12-7-8-17-14-11(12)6-5-10-9-3-1-2-4-13(9)20(19)18-15(10)14/h1-8,18H. The molecule has 0 radical (unpaired) electrons. The quantitative estimate of drug-likeness (QED) is 0.638. The zero-order chi connectivity index (χ0) is 13.7. The summed E-state index contributed by atoms with van der Waals surface area (Å²) in [7, 11) is 0. The maximum absolute atomic E-state index is 12.3. The first-order valence-electron chi connectivity index (χ1n) is 6.11. The van der Waals surface area contributed by atoms with Crippen molar-refractivity contribution >= 4 is 39.6 Å². The van der Waals surface area contributed by atoms with Gasteiger partial charge in [0.1, 0.15) is 17.0 Å². The number of hydrogen-bond donors (Lipinski definition) is 1. The van der Waals surface area contributed by atoms with Gasteiger partial charge in [-0.25, -0.2) is 4.72 Å². The van der Waals surface area contributed by atoms with Crippen LogP contribution in [0.1, 0.15) is 0 Å². The minimum Gasteiger partial charge on any atom is -0.588 e. The third-order valence-corrected chi connectivity index (χ3v) is 4.91. The number of nitrogens with one attached hydrogen (secondary N) is 1. The van der Waals surface area contributed by atoms with E-state index in [1.54, 1.807) is 12.3 Å². The molecule has 0 fully saturated rings. The monoisotopic (exact) mass is 300 g/mol. The fourth-order valence-corrected chi connectivity index (χ4v) is 3.80. The molecule has 3 aromatic rings. The van der Waals surface area contributed by atoms with Gasteiger partial charge in [-0.15, -0.1) is 0 Å². The number of benzene rings is 2. The molecule has 1 atom stereocenters. The van der Waals surface area contributed by atoms with Gasteiger partial charge < -0.3 is 4.55 Å². The Labute approximate surface area is 123 Å². The maximum Gasteiger partial charge on any atom is 0.187 e. The Kier molecular flexibility index (Phi) is 2.63. The fourth-order valence-electron chi connectivity index (χ4n) is 2.51. The number of nitrogens with zero attached hydrogens (tertiary/aromatic N) is 1. The number of aromatic nitrogens is 1. The van der Waals surface area contributed by atoms with E-state index in [2.05, 4.69) is 9.71 Å². The third kappa shape index (κ3) is 1.62. The van der Waals surface area contributed by atoms with E-state index in [-0.39, 0.29) is 0 Å². The van der Waals surface area contributed by atoms with Crippen molar-refractivity contribution in [2.75, 3.05) is 4.72 Å². The molecule has 0 saturated heterocycles. The van der Waals surface area contributed by atoms with Crippen LogP contribution in [-0.2, 0) is 11.4 Å². The van der Waals surface area contributed by atoms with Crippen molar-refractivity contribution in [1.82, 2.24) is 4.98 Å². The second-order valence-electron chi connectivity index (χ2n) is 4.54. The normalized spacial score (nSPS) is 16.4. The third-order valence-electron chi connectivity index (χ3n) is 3.43. The molecular weight excluding hydrogens is 292 g/mol. The molecular formula is C15H9ClN2OS. The molecule has 0 amide bonds. The zero-order valence-electron chi connectivity index (χ0n) is 10.3. The lowest BCUT2D eigenvalue weighted by Crippen LogP contribution is -2.19. The Balaban J connectivity index is 2.10. The molecule has 0 aliphatic carbocycles. The van der Waals surface area contributed by atoms with Gasteiger partial charge in [0.15, 0.2) is 4.90 Å². The van der Waals surface area contributed by atoms with Gasteiger partial charge in [-0.3, -0.25) is 4.98 Å². The van der Waals surface area contributed by atoms with Crippen molar-refractivity contribution in [1.29, 1.82) is 0 Å². The molecule has 2 heterocycles. The molecule has 1 aliphatic heterocycles. The molecule has 5 heteroatoms. The molecule has 3 nitrogen and oxygen atoms in total. The molecule has 0 bridgehead atoms. The highest BCUT2D eigenvalue weighted by Gasteiger charge is 2.28. The lowest BCUT2D eigenvalue weighted by molar-refractivity contribution is 0.600. The van der Waals surface area contributed by atoms with Gasteiger partial charge in [0.05, 0.1) is 10.5 Å². The minimum atomic E-state index is -1.27. The van der Waals surface area contributed by atoms with Crippen molar-refractivity contribution < 1.29 is 4.55 Å².